The van der Waals surface area contributed by atoms with Gasteiger partial charge in [-0.15, -0.1) is 0 Å². The third-order valence-electron chi connectivity index (χ3n) is 2.99. The monoisotopic (exact) mass is 250 g/mol. The number of pyridine rings is 1. The Balaban J connectivity index is 1.97. The van der Waals surface area contributed by atoms with Gasteiger partial charge < -0.3 is 10.3 Å². The lowest BCUT2D eigenvalue weighted by molar-refractivity contribution is 1.30. The number of benzene rings is 1. The van der Waals surface area contributed by atoms with Gasteiger partial charge in [0.1, 0.15) is 5.82 Å². The van der Waals surface area contributed by atoms with Crippen LogP contribution >= 0.6 is 0 Å². The van der Waals surface area contributed by atoms with Gasteiger partial charge in [0.25, 0.3) is 0 Å². The first-order chi connectivity index (χ1) is 9.36. The van der Waals surface area contributed by atoms with E-state index in [-0.39, 0.29) is 0 Å². The van der Waals surface area contributed by atoms with E-state index in [1.165, 1.54) is 0 Å². The molecule has 0 saturated carbocycles. The van der Waals surface area contributed by atoms with Crippen LogP contribution in [0.25, 0.3) is 22.6 Å². The number of rotatable bonds is 3. The van der Waals surface area contributed by atoms with Gasteiger partial charge in [0.05, 0.1) is 11.9 Å². The van der Waals surface area contributed by atoms with Crippen molar-refractivity contribution in [1.29, 1.82) is 0 Å². The van der Waals surface area contributed by atoms with Crippen LogP contribution in [-0.4, -0.2) is 22.0 Å². The highest BCUT2D eigenvalue weighted by Crippen LogP contribution is 2.23. The van der Waals surface area contributed by atoms with E-state index in [1.807, 2.05) is 43.6 Å². The van der Waals surface area contributed by atoms with Gasteiger partial charge in [-0.1, -0.05) is 12.1 Å². The molecule has 3 aromatic rings. The van der Waals surface area contributed by atoms with Gasteiger partial charge in [-0.25, -0.2) is 4.98 Å². The summed E-state index contributed by atoms with van der Waals surface area (Å²) in [5.74, 6) is 0.865. The first-order valence-electron chi connectivity index (χ1n) is 6.10. The van der Waals surface area contributed by atoms with Gasteiger partial charge in [0.15, 0.2) is 0 Å². The van der Waals surface area contributed by atoms with Gasteiger partial charge in [-0.2, -0.15) is 0 Å². The molecule has 4 nitrogen and oxygen atoms in total. The van der Waals surface area contributed by atoms with Crippen molar-refractivity contribution in [1.82, 2.24) is 15.0 Å². The summed E-state index contributed by atoms with van der Waals surface area (Å²) in [5.41, 5.74) is 4.21. The maximum absolute atomic E-state index is 4.43. The lowest BCUT2D eigenvalue weighted by Crippen LogP contribution is -1.88. The standard InChI is InChI=1S/C15H14N4/c1-16-13-4-2-3-12(9-13)15-18-10-14(19-15)11-5-7-17-8-6-11/h2-10,16H,1H3,(H,18,19). The molecule has 0 aliphatic heterocycles. The second-order valence-corrected chi connectivity index (χ2v) is 4.21. The third-order valence-corrected chi connectivity index (χ3v) is 2.99. The molecule has 2 aromatic heterocycles. The Morgan fingerprint density at radius 1 is 1.05 bits per heavy atom. The van der Waals surface area contributed by atoms with E-state index in [4.69, 9.17) is 0 Å². The van der Waals surface area contributed by atoms with Crippen LogP contribution in [-0.2, 0) is 0 Å². The van der Waals surface area contributed by atoms with Gasteiger partial charge in [-0.05, 0) is 24.3 Å². The Kier molecular flexibility index (Phi) is 2.98. The summed E-state index contributed by atoms with van der Waals surface area (Å²) in [4.78, 5) is 11.8. The number of hydrogen-bond acceptors (Lipinski definition) is 3. The Hall–Kier alpha value is -2.62. The average Bonchev–Trinajstić information content (AvgIpc) is 2.98. The largest absolute Gasteiger partial charge is 0.388 e. The zero-order valence-electron chi connectivity index (χ0n) is 10.6. The van der Waals surface area contributed by atoms with E-state index in [0.29, 0.717) is 0 Å². The van der Waals surface area contributed by atoms with Crippen LogP contribution in [0.4, 0.5) is 5.69 Å². The molecular weight excluding hydrogens is 236 g/mol. The Labute approximate surface area is 111 Å². The molecule has 2 heterocycles. The van der Waals surface area contributed by atoms with Gasteiger partial charge >= 0.3 is 0 Å². The number of aromatic amines is 1. The molecule has 0 bridgehead atoms. The Morgan fingerprint density at radius 3 is 2.68 bits per heavy atom. The van der Waals surface area contributed by atoms with Crippen LogP contribution in [0, 0.1) is 0 Å². The molecule has 94 valence electrons. The first-order valence-corrected chi connectivity index (χ1v) is 6.10. The predicted octanol–water partition coefficient (Wildman–Crippen LogP) is 3.18. The number of H-pyrrole nitrogens is 1. The first kappa shape index (κ1) is 11.5. The molecule has 0 atom stereocenters. The number of anilines is 1. The third kappa shape index (κ3) is 2.33. The average molecular weight is 250 g/mol. The summed E-state index contributed by atoms with van der Waals surface area (Å²) in [5, 5.41) is 3.13. The minimum Gasteiger partial charge on any atom is -0.388 e. The van der Waals surface area contributed by atoms with E-state index in [1.54, 1.807) is 12.4 Å². The summed E-state index contributed by atoms with van der Waals surface area (Å²) >= 11 is 0. The van der Waals surface area contributed by atoms with Crippen molar-refractivity contribution in [2.75, 3.05) is 12.4 Å². The number of aromatic nitrogens is 3. The summed E-state index contributed by atoms with van der Waals surface area (Å²) < 4.78 is 0. The minimum atomic E-state index is 0.865. The molecular formula is C15H14N4. The second kappa shape index (κ2) is 4.94. The highest BCUT2D eigenvalue weighted by molar-refractivity contribution is 5.66. The van der Waals surface area contributed by atoms with E-state index in [0.717, 1.165) is 28.3 Å². The summed E-state index contributed by atoms with van der Waals surface area (Å²) in [6, 6.07) is 12.1. The van der Waals surface area contributed by atoms with E-state index in [9.17, 15) is 0 Å². The molecule has 0 amide bonds. The zero-order chi connectivity index (χ0) is 13.1. The van der Waals surface area contributed by atoms with Crippen molar-refractivity contribution in [2.45, 2.75) is 0 Å². The molecule has 0 saturated heterocycles. The number of nitrogens with one attached hydrogen (secondary N) is 2. The Morgan fingerprint density at radius 2 is 1.89 bits per heavy atom. The topological polar surface area (TPSA) is 53.6 Å². The van der Waals surface area contributed by atoms with Crippen LogP contribution in [0.2, 0.25) is 0 Å². The van der Waals surface area contributed by atoms with Crippen LogP contribution in [0.15, 0.2) is 55.0 Å². The molecule has 0 spiro atoms. The quantitative estimate of drug-likeness (QED) is 0.750. The highest BCUT2D eigenvalue weighted by Gasteiger charge is 2.05. The van der Waals surface area contributed by atoms with Crippen molar-refractivity contribution in [2.24, 2.45) is 0 Å². The van der Waals surface area contributed by atoms with Crippen molar-refractivity contribution < 1.29 is 0 Å². The fraction of sp³-hybridized carbons (Fsp3) is 0.0667. The number of hydrogen-bond donors (Lipinski definition) is 2. The SMILES string of the molecule is CNc1cccc(-c2ncc(-c3ccncc3)[nH]2)c1. The molecule has 0 aliphatic carbocycles. The highest BCUT2D eigenvalue weighted by atomic mass is 14.9. The molecule has 3 rings (SSSR count). The summed E-state index contributed by atoms with van der Waals surface area (Å²) in [6.45, 7) is 0. The lowest BCUT2D eigenvalue weighted by Gasteiger charge is -2.02. The molecule has 0 fully saturated rings. The molecule has 1 aromatic carbocycles. The summed E-state index contributed by atoms with van der Waals surface area (Å²) in [6.07, 6.45) is 5.39. The van der Waals surface area contributed by atoms with Crippen LogP contribution in [0.1, 0.15) is 0 Å². The zero-order valence-corrected chi connectivity index (χ0v) is 10.6. The normalized spacial score (nSPS) is 10.4. The summed E-state index contributed by atoms with van der Waals surface area (Å²) in [7, 11) is 1.91. The van der Waals surface area contributed by atoms with Crippen molar-refractivity contribution in [3.05, 3.63) is 55.0 Å². The fourth-order valence-corrected chi connectivity index (χ4v) is 1.97. The van der Waals surface area contributed by atoms with Crippen molar-refractivity contribution in [3.63, 3.8) is 0 Å². The fourth-order valence-electron chi connectivity index (χ4n) is 1.97. The number of imidazole rings is 1. The van der Waals surface area contributed by atoms with E-state index >= 15 is 0 Å². The van der Waals surface area contributed by atoms with Gasteiger partial charge in [-0.3, -0.25) is 4.98 Å². The van der Waals surface area contributed by atoms with Gasteiger partial charge in [0.2, 0.25) is 0 Å². The Bertz CT molecular complexity index is 673. The lowest BCUT2D eigenvalue weighted by atomic mass is 10.2. The van der Waals surface area contributed by atoms with E-state index in [2.05, 4.69) is 26.3 Å². The van der Waals surface area contributed by atoms with Crippen molar-refractivity contribution in [3.8, 4) is 22.6 Å². The van der Waals surface area contributed by atoms with E-state index < -0.39 is 0 Å². The maximum Gasteiger partial charge on any atom is 0.137 e. The van der Waals surface area contributed by atoms with Gasteiger partial charge in [0, 0.05) is 36.3 Å². The number of nitrogens with zero attached hydrogens (tertiary/aromatic N) is 2. The molecule has 0 radical (unpaired) electrons. The smallest absolute Gasteiger partial charge is 0.137 e. The molecule has 19 heavy (non-hydrogen) atoms. The van der Waals surface area contributed by atoms with Crippen LogP contribution in [0.3, 0.4) is 0 Å². The predicted molar refractivity (Wildman–Crippen MR) is 76.8 cm³/mol. The minimum absolute atomic E-state index is 0.865. The molecule has 0 unspecified atom stereocenters. The van der Waals surface area contributed by atoms with Crippen LogP contribution < -0.4 is 5.32 Å². The molecule has 4 heteroatoms. The molecule has 2 N–H and O–H groups in total. The second-order valence-electron chi connectivity index (χ2n) is 4.21. The van der Waals surface area contributed by atoms with Crippen molar-refractivity contribution >= 4 is 5.69 Å². The maximum atomic E-state index is 4.43. The van der Waals surface area contributed by atoms with Crippen LogP contribution in [0.5, 0.6) is 0 Å². The molecule has 0 aliphatic rings.